The lowest BCUT2D eigenvalue weighted by Gasteiger charge is -2.28. The van der Waals surface area contributed by atoms with E-state index in [1.54, 1.807) is 0 Å². The highest BCUT2D eigenvalue weighted by Gasteiger charge is 2.35. The number of nitrogens with one attached hydrogen (secondary N) is 3. The van der Waals surface area contributed by atoms with Gasteiger partial charge in [-0.2, -0.15) is 0 Å². The number of halogens is 1. The lowest BCUT2D eigenvalue weighted by molar-refractivity contribution is -0.130. The summed E-state index contributed by atoms with van der Waals surface area (Å²) < 4.78 is 5.86. The number of alkyl carbamates (subject to hydrolysis) is 1. The fourth-order valence-corrected chi connectivity index (χ4v) is 6.55. The van der Waals surface area contributed by atoms with E-state index in [0.29, 0.717) is 30.3 Å². The number of benzene rings is 1. The highest BCUT2D eigenvalue weighted by atomic mass is 35.5. The standard InChI is InChI=1S/C29H41ClN4O5/c30-22-10-4-8-19(15-22)14-20-9-5-11-25(20)39-29(38)34-24(16-18-6-2-1-3-7-18)28(37)33-23(26(31)35)17-21-12-13-32-27(21)36/h4,8,10,15,18,20-21,23-25H,1-3,5-7,9,11-14,16-17H2,(H2,31,35)(H,32,36)(H,33,37)(H,34,38)/t20?,21-,23-,24-,25?/m0/s1. The van der Waals surface area contributed by atoms with Gasteiger partial charge in [-0.15, -0.1) is 0 Å². The van der Waals surface area contributed by atoms with E-state index in [1.807, 2.05) is 24.3 Å². The van der Waals surface area contributed by atoms with Crippen LogP contribution >= 0.6 is 11.6 Å². The van der Waals surface area contributed by atoms with Gasteiger partial charge in [-0.1, -0.05) is 55.8 Å². The molecule has 0 radical (unpaired) electrons. The van der Waals surface area contributed by atoms with Crippen LogP contribution in [0.2, 0.25) is 5.02 Å². The SMILES string of the molecule is NC(=O)[C@H](C[C@@H]1CCNC1=O)NC(=O)[C@H](CC1CCCCC1)NC(=O)OC1CCCC1Cc1cccc(Cl)c1. The smallest absolute Gasteiger partial charge is 0.408 e. The summed E-state index contributed by atoms with van der Waals surface area (Å²) in [5.74, 6) is -1.21. The van der Waals surface area contributed by atoms with Crippen LogP contribution < -0.4 is 21.7 Å². The van der Waals surface area contributed by atoms with Crippen molar-refractivity contribution < 1.29 is 23.9 Å². The second kappa shape index (κ2) is 14.0. The first kappa shape index (κ1) is 29.2. The third-order valence-electron chi connectivity index (χ3n) is 8.48. The maximum absolute atomic E-state index is 13.4. The Morgan fingerprint density at radius 1 is 1.00 bits per heavy atom. The molecule has 5 atom stereocenters. The first-order chi connectivity index (χ1) is 18.8. The van der Waals surface area contributed by atoms with E-state index >= 15 is 0 Å². The second-order valence-electron chi connectivity index (χ2n) is 11.4. The van der Waals surface area contributed by atoms with E-state index in [-0.39, 0.29) is 30.3 Å². The minimum absolute atomic E-state index is 0.139. The lowest BCUT2D eigenvalue weighted by atomic mass is 9.84. The molecule has 0 spiro atoms. The average Bonchev–Trinajstić information content (AvgIpc) is 3.51. The number of nitrogens with two attached hydrogens (primary N) is 1. The maximum atomic E-state index is 13.4. The van der Waals surface area contributed by atoms with Crippen molar-refractivity contribution in [3.05, 3.63) is 34.9 Å². The monoisotopic (exact) mass is 560 g/mol. The number of rotatable bonds is 11. The highest BCUT2D eigenvalue weighted by Crippen LogP contribution is 2.32. The molecule has 3 aliphatic rings. The van der Waals surface area contributed by atoms with Gasteiger partial charge in [0.15, 0.2) is 0 Å². The first-order valence-corrected chi connectivity index (χ1v) is 14.7. The molecule has 9 nitrogen and oxygen atoms in total. The van der Waals surface area contributed by atoms with Crippen LogP contribution in [0.25, 0.3) is 0 Å². The van der Waals surface area contributed by atoms with Gasteiger partial charge in [0.1, 0.15) is 18.2 Å². The molecule has 4 rings (SSSR count). The summed E-state index contributed by atoms with van der Waals surface area (Å²) in [7, 11) is 0. The Labute approximate surface area is 235 Å². The topological polar surface area (TPSA) is 140 Å². The molecule has 0 aromatic heterocycles. The quantitative estimate of drug-likeness (QED) is 0.327. The predicted molar refractivity (Wildman–Crippen MR) is 148 cm³/mol. The van der Waals surface area contributed by atoms with Crippen LogP contribution in [0.3, 0.4) is 0 Å². The maximum Gasteiger partial charge on any atom is 0.408 e. The largest absolute Gasteiger partial charge is 0.446 e. The van der Waals surface area contributed by atoms with Crippen molar-refractivity contribution in [2.75, 3.05) is 6.54 Å². The Morgan fingerprint density at radius 2 is 1.79 bits per heavy atom. The van der Waals surface area contributed by atoms with Crippen molar-refractivity contribution in [3.63, 3.8) is 0 Å². The van der Waals surface area contributed by atoms with Crippen LogP contribution in [-0.2, 0) is 25.5 Å². The zero-order chi connectivity index (χ0) is 27.8. The average molecular weight is 561 g/mol. The van der Waals surface area contributed by atoms with Gasteiger partial charge in [-0.05, 0) is 68.6 Å². The molecular formula is C29H41ClN4O5. The molecule has 1 aromatic rings. The van der Waals surface area contributed by atoms with E-state index in [0.717, 1.165) is 56.9 Å². The zero-order valence-corrected chi connectivity index (χ0v) is 23.2. The fraction of sp³-hybridized carbons (Fsp3) is 0.655. The molecule has 39 heavy (non-hydrogen) atoms. The number of hydrogen-bond acceptors (Lipinski definition) is 5. The van der Waals surface area contributed by atoms with Crippen LogP contribution in [0.4, 0.5) is 4.79 Å². The molecule has 0 bridgehead atoms. The lowest BCUT2D eigenvalue weighted by Crippen LogP contribution is -2.54. The van der Waals surface area contributed by atoms with E-state index in [4.69, 9.17) is 22.1 Å². The molecule has 1 heterocycles. The third kappa shape index (κ3) is 8.59. The number of hydrogen-bond donors (Lipinski definition) is 4. The summed E-state index contributed by atoms with van der Waals surface area (Å²) in [6.07, 6.45) is 9.11. The van der Waals surface area contributed by atoms with Crippen LogP contribution in [0.5, 0.6) is 0 Å². The molecule has 10 heteroatoms. The van der Waals surface area contributed by atoms with Crippen molar-refractivity contribution in [2.45, 2.75) is 95.2 Å². The molecule has 1 aromatic carbocycles. The van der Waals surface area contributed by atoms with Gasteiger partial charge in [0.2, 0.25) is 17.7 Å². The summed E-state index contributed by atoms with van der Waals surface area (Å²) in [5, 5.41) is 8.95. The number of ether oxygens (including phenoxy) is 1. The van der Waals surface area contributed by atoms with Crippen molar-refractivity contribution in [1.29, 1.82) is 0 Å². The van der Waals surface area contributed by atoms with Gasteiger partial charge in [0.25, 0.3) is 0 Å². The molecule has 5 N–H and O–H groups in total. The molecule has 214 valence electrons. The molecule has 2 unspecified atom stereocenters. The van der Waals surface area contributed by atoms with Crippen LogP contribution in [-0.4, -0.2) is 48.5 Å². The molecule has 1 saturated heterocycles. The van der Waals surface area contributed by atoms with E-state index in [2.05, 4.69) is 16.0 Å². The molecule has 4 amide bonds. The van der Waals surface area contributed by atoms with Gasteiger partial charge in [-0.25, -0.2) is 4.79 Å². The van der Waals surface area contributed by atoms with Gasteiger partial charge >= 0.3 is 6.09 Å². The van der Waals surface area contributed by atoms with Crippen molar-refractivity contribution in [1.82, 2.24) is 16.0 Å². The normalized spacial score (nSPS) is 24.9. The Morgan fingerprint density at radius 3 is 2.49 bits per heavy atom. The van der Waals surface area contributed by atoms with Gasteiger partial charge in [0.05, 0.1) is 0 Å². The van der Waals surface area contributed by atoms with Gasteiger partial charge in [-0.3, -0.25) is 14.4 Å². The Hall–Kier alpha value is -2.81. The summed E-state index contributed by atoms with van der Waals surface area (Å²) in [6, 6.07) is 5.87. The number of amides is 4. The van der Waals surface area contributed by atoms with E-state index < -0.39 is 30.0 Å². The van der Waals surface area contributed by atoms with Crippen molar-refractivity contribution in [3.8, 4) is 0 Å². The number of carbonyl (C=O) groups is 4. The summed E-state index contributed by atoms with van der Waals surface area (Å²) >= 11 is 6.15. The Bertz CT molecular complexity index is 1030. The molecule has 3 fully saturated rings. The molecule has 2 aliphatic carbocycles. The van der Waals surface area contributed by atoms with Gasteiger partial charge < -0.3 is 26.4 Å². The Kier molecular flexibility index (Phi) is 10.5. The summed E-state index contributed by atoms with van der Waals surface area (Å²) in [6.45, 7) is 0.542. The van der Waals surface area contributed by atoms with Crippen LogP contribution in [0.1, 0.15) is 76.2 Å². The van der Waals surface area contributed by atoms with E-state index in [9.17, 15) is 19.2 Å². The molecule has 1 aliphatic heterocycles. The first-order valence-electron chi connectivity index (χ1n) is 14.4. The molecular weight excluding hydrogens is 520 g/mol. The molecule has 2 saturated carbocycles. The summed E-state index contributed by atoms with van der Waals surface area (Å²) in [5.41, 5.74) is 6.69. The minimum atomic E-state index is -0.991. The predicted octanol–water partition coefficient (Wildman–Crippen LogP) is 3.61. The third-order valence-corrected chi connectivity index (χ3v) is 8.72. The van der Waals surface area contributed by atoms with Crippen molar-refractivity contribution in [2.24, 2.45) is 23.5 Å². The van der Waals surface area contributed by atoms with Crippen LogP contribution in [0.15, 0.2) is 24.3 Å². The number of carbonyl (C=O) groups excluding carboxylic acids is 4. The minimum Gasteiger partial charge on any atom is -0.446 e. The highest BCUT2D eigenvalue weighted by molar-refractivity contribution is 6.30. The number of primary amides is 1. The van der Waals surface area contributed by atoms with E-state index in [1.165, 1.54) is 6.42 Å². The Balaban J connectivity index is 1.38. The van der Waals surface area contributed by atoms with Crippen molar-refractivity contribution >= 4 is 35.4 Å². The van der Waals surface area contributed by atoms with Crippen LogP contribution in [0, 0.1) is 17.8 Å². The fourth-order valence-electron chi connectivity index (χ4n) is 6.33. The second-order valence-corrected chi connectivity index (χ2v) is 11.8. The van der Waals surface area contributed by atoms with Gasteiger partial charge in [0, 0.05) is 23.4 Å². The zero-order valence-electron chi connectivity index (χ0n) is 22.5. The summed E-state index contributed by atoms with van der Waals surface area (Å²) in [4.78, 5) is 50.6.